The van der Waals surface area contributed by atoms with E-state index in [4.69, 9.17) is 9.47 Å². The van der Waals surface area contributed by atoms with E-state index in [1.807, 2.05) is 19.1 Å². The summed E-state index contributed by atoms with van der Waals surface area (Å²) in [5.41, 5.74) is 2.62. The van der Waals surface area contributed by atoms with E-state index in [0.717, 1.165) is 5.56 Å². The van der Waals surface area contributed by atoms with Gasteiger partial charge in [0.25, 0.3) is 5.91 Å². The number of ether oxygens (including phenoxy) is 2. The zero-order valence-corrected chi connectivity index (χ0v) is 18.5. The number of benzene rings is 2. The first-order valence-electron chi connectivity index (χ1n) is 10.4. The van der Waals surface area contributed by atoms with Gasteiger partial charge >= 0.3 is 11.9 Å². The fourth-order valence-electron chi connectivity index (χ4n) is 2.64. The molecule has 8 heteroatoms. The standard InChI is InChI=1S/C24H28N2O6/c1-16(2)32-24(30)18-9-13-20(14-10-18)25-21(27)5-4-6-23(29)31-15-22(28)26-19-11-7-17(3)8-12-19/h7-14,16H,4-6,15H2,1-3H3,(H,25,27)(H,26,28). The number of nitrogens with one attached hydrogen (secondary N) is 2. The lowest BCUT2D eigenvalue weighted by molar-refractivity contribution is -0.147. The van der Waals surface area contributed by atoms with Crippen molar-refractivity contribution in [2.24, 2.45) is 0 Å². The quantitative estimate of drug-likeness (QED) is 0.543. The Hall–Kier alpha value is -3.68. The van der Waals surface area contributed by atoms with E-state index in [1.54, 1.807) is 50.2 Å². The minimum atomic E-state index is -0.551. The summed E-state index contributed by atoms with van der Waals surface area (Å²) in [6.45, 7) is 5.09. The summed E-state index contributed by atoms with van der Waals surface area (Å²) in [4.78, 5) is 47.5. The second-order valence-corrected chi connectivity index (χ2v) is 7.51. The predicted octanol–water partition coefficient (Wildman–Crippen LogP) is 3.85. The Bertz CT molecular complexity index is 936. The van der Waals surface area contributed by atoms with Crippen molar-refractivity contribution < 1.29 is 28.7 Å². The Kier molecular flexibility index (Phi) is 9.41. The molecule has 8 nitrogen and oxygen atoms in total. The highest BCUT2D eigenvalue weighted by molar-refractivity contribution is 5.94. The second kappa shape index (κ2) is 12.2. The van der Waals surface area contributed by atoms with Crippen LogP contribution in [0.2, 0.25) is 0 Å². The van der Waals surface area contributed by atoms with Crippen LogP contribution >= 0.6 is 0 Å². The molecule has 170 valence electrons. The minimum absolute atomic E-state index is 0.0191. The van der Waals surface area contributed by atoms with E-state index in [0.29, 0.717) is 16.9 Å². The van der Waals surface area contributed by atoms with Gasteiger partial charge in [-0.25, -0.2) is 4.79 Å². The Labute approximate surface area is 187 Å². The molecule has 0 unspecified atom stereocenters. The number of anilines is 2. The van der Waals surface area contributed by atoms with Gasteiger partial charge in [-0.3, -0.25) is 14.4 Å². The van der Waals surface area contributed by atoms with Gasteiger partial charge in [-0.1, -0.05) is 17.7 Å². The third kappa shape index (κ3) is 8.99. The van der Waals surface area contributed by atoms with Gasteiger partial charge < -0.3 is 20.1 Å². The molecule has 0 saturated heterocycles. The zero-order chi connectivity index (χ0) is 23.5. The lowest BCUT2D eigenvalue weighted by Gasteiger charge is -2.09. The molecule has 2 aromatic rings. The van der Waals surface area contributed by atoms with Gasteiger partial charge in [-0.05, 0) is 63.6 Å². The van der Waals surface area contributed by atoms with Crippen molar-refractivity contribution in [3.8, 4) is 0 Å². The maximum absolute atomic E-state index is 12.0. The van der Waals surface area contributed by atoms with E-state index in [2.05, 4.69) is 10.6 Å². The molecule has 0 aliphatic heterocycles. The molecule has 0 bridgehead atoms. The highest BCUT2D eigenvalue weighted by Crippen LogP contribution is 2.12. The van der Waals surface area contributed by atoms with Crippen LogP contribution in [0.15, 0.2) is 48.5 Å². The Morgan fingerprint density at radius 2 is 1.38 bits per heavy atom. The van der Waals surface area contributed by atoms with Gasteiger partial charge in [0.15, 0.2) is 6.61 Å². The van der Waals surface area contributed by atoms with Crippen LogP contribution in [0.4, 0.5) is 11.4 Å². The third-order valence-corrected chi connectivity index (χ3v) is 4.23. The SMILES string of the molecule is Cc1ccc(NC(=O)COC(=O)CCCC(=O)Nc2ccc(C(=O)OC(C)C)cc2)cc1. The van der Waals surface area contributed by atoms with Crippen molar-refractivity contribution in [3.05, 3.63) is 59.7 Å². The van der Waals surface area contributed by atoms with Crippen LogP contribution in [0.3, 0.4) is 0 Å². The lowest BCUT2D eigenvalue weighted by Crippen LogP contribution is -2.21. The topological polar surface area (TPSA) is 111 Å². The van der Waals surface area contributed by atoms with Crippen LogP contribution in [0.25, 0.3) is 0 Å². The zero-order valence-electron chi connectivity index (χ0n) is 18.5. The first-order valence-corrected chi connectivity index (χ1v) is 10.4. The number of carbonyl (C=O) groups is 4. The highest BCUT2D eigenvalue weighted by atomic mass is 16.5. The van der Waals surface area contributed by atoms with E-state index < -0.39 is 17.8 Å². The van der Waals surface area contributed by atoms with Crippen LogP contribution < -0.4 is 10.6 Å². The monoisotopic (exact) mass is 440 g/mol. The van der Waals surface area contributed by atoms with Crippen molar-refractivity contribution in [2.45, 2.75) is 46.1 Å². The van der Waals surface area contributed by atoms with Crippen molar-refractivity contribution >= 4 is 35.1 Å². The van der Waals surface area contributed by atoms with Crippen LogP contribution in [-0.4, -0.2) is 36.5 Å². The Morgan fingerprint density at radius 1 is 0.812 bits per heavy atom. The summed E-state index contributed by atoms with van der Waals surface area (Å²) in [6.07, 6.45) is 0.201. The fourth-order valence-corrected chi connectivity index (χ4v) is 2.64. The Morgan fingerprint density at radius 3 is 1.97 bits per heavy atom. The minimum Gasteiger partial charge on any atom is -0.459 e. The van der Waals surface area contributed by atoms with Gasteiger partial charge in [-0.15, -0.1) is 0 Å². The fraction of sp³-hybridized carbons (Fsp3) is 0.333. The van der Waals surface area contributed by atoms with Gasteiger partial charge in [0.1, 0.15) is 0 Å². The molecule has 0 aromatic heterocycles. The molecule has 0 atom stereocenters. The largest absolute Gasteiger partial charge is 0.459 e. The molecule has 0 heterocycles. The van der Waals surface area contributed by atoms with Crippen LogP contribution in [-0.2, 0) is 23.9 Å². The maximum atomic E-state index is 12.0. The molecule has 32 heavy (non-hydrogen) atoms. The average Bonchev–Trinajstić information content (AvgIpc) is 2.74. The summed E-state index contributed by atoms with van der Waals surface area (Å²) in [5, 5.41) is 5.33. The van der Waals surface area contributed by atoms with Gasteiger partial charge in [0, 0.05) is 24.2 Å². The first-order chi connectivity index (χ1) is 15.2. The van der Waals surface area contributed by atoms with Gasteiger partial charge in [-0.2, -0.15) is 0 Å². The summed E-state index contributed by atoms with van der Waals surface area (Å²) in [5.74, 6) is -1.68. The van der Waals surface area contributed by atoms with E-state index in [-0.39, 0.29) is 37.9 Å². The molecular weight excluding hydrogens is 412 g/mol. The van der Waals surface area contributed by atoms with Crippen molar-refractivity contribution in [1.82, 2.24) is 0 Å². The van der Waals surface area contributed by atoms with Gasteiger partial charge in [0.2, 0.25) is 5.91 Å². The van der Waals surface area contributed by atoms with Gasteiger partial charge in [0.05, 0.1) is 11.7 Å². The molecule has 2 amide bonds. The molecule has 0 aliphatic carbocycles. The van der Waals surface area contributed by atoms with Crippen molar-refractivity contribution in [2.75, 3.05) is 17.2 Å². The number of hydrogen-bond acceptors (Lipinski definition) is 6. The Balaban J connectivity index is 1.64. The molecule has 0 saturated carbocycles. The third-order valence-electron chi connectivity index (χ3n) is 4.23. The molecule has 0 aliphatic rings. The normalized spacial score (nSPS) is 10.4. The summed E-state index contributed by atoms with van der Waals surface area (Å²) >= 11 is 0. The lowest BCUT2D eigenvalue weighted by atomic mass is 10.2. The number of rotatable bonds is 10. The summed E-state index contributed by atoms with van der Waals surface area (Å²) in [6, 6.07) is 13.6. The highest BCUT2D eigenvalue weighted by Gasteiger charge is 2.11. The second-order valence-electron chi connectivity index (χ2n) is 7.51. The number of carbonyl (C=O) groups excluding carboxylic acids is 4. The molecule has 2 N–H and O–H groups in total. The molecule has 0 spiro atoms. The molecular formula is C24H28N2O6. The van der Waals surface area contributed by atoms with Crippen LogP contribution in [0.1, 0.15) is 49.0 Å². The summed E-state index contributed by atoms with van der Waals surface area (Å²) in [7, 11) is 0. The molecule has 2 rings (SSSR count). The van der Waals surface area contributed by atoms with E-state index >= 15 is 0 Å². The number of amides is 2. The molecule has 2 aromatic carbocycles. The number of aryl methyl sites for hydroxylation is 1. The maximum Gasteiger partial charge on any atom is 0.338 e. The van der Waals surface area contributed by atoms with E-state index in [9.17, 15) is 19.2 Å². The number of esters is 2. The smallest absolute Gasteiger partial charge is 0.338 e. The van der Waals surface area contributed by atoms with E-state index in [1.165, 1.54) is 0 Å². The summed E-state index contributed by atoms with van der Waals surface area (Å²) < 4.78 is 10.0. The van der Waals surface area contributed by atoms with Crippen molar-refractivity contribution in [3.63, 3.8) is 0 Å². The number of hydrogen-bond donors (Lipinski definition) is 2. The van der Waals surface area contributed by atoms with Crippen LogP contribution in [0, 0.1) is 6.92 Å². The van der Waals surface area contributed by atoms with Crippen molar-refractivity contribution in [1.29, 1.82) is 0 Å². The predicted molar refractivity (Wildman–Crippen MR) is 120 cm³/mol. The first kappa shape index (κ1) is 24.6. The molecule has 0 fully saturated rings. The van der Waals surface area contributed by atoms with Crippen LogP contribution in [0.5, 0.6) is 0 Å². The average molecular weight is 440 g/mol. The molecule has 0 radical (unpaired) electrons.